The molecule has 148 valence electrons. The zero-order chi connectivity index (χ0) is 19.4. The molecule has 1 amide bonds. The van der Waals surface area contributed by atoms with Crippen molar-refractivity contribution in [3.63, 3.8) is 0 Å². The largest absolute Gasteiger partial charge is 0.351 e. The Morgan fingerprint density at radius 2 is 2.11 bits per heavy atom. The quantitative estimate of drug-likeness (QED) is 0.638. The molecule has 2 fully saturated rings. The maximum atomic E-state index is 12.9. The third-order valence-corrected chi connectivity index (χ3v) is 7.32. The fourth-order valence-corrected chi connectivity index (χ4v) is 5.34. The Balaban J connectivity index is 1.39. The van der Waals surface area contributed by atoms with E-state index in [-0.39, 0.29) is 11.8 Å². The molecule has 0 spiro atoms. The summed E-state index contributed by atoms with van der Waals surface area (Å²) in [5, 5.41) is 6.26. The molecule has 3 aromatic rings. The maximum Gasteiger partial charge on any atom is 0.292 e. The van der Waals surface area contributed by atoms with Gasteiger partial charge in [0.1, 0.15) is 10.7 Å². The number of aryl methyl sites for hydroxylation is 1. The van der Waals surface area contributed by atoms with E-state index in [0.717, 1.165) is 18.7 Å². The second-order valence-electron chi connectivity index (χ2n) is 8.51. The SMILES string of the molecule is Cc1csc2c([C@@H]3CCN(C(=O)c4cc(C(C)C)no4)C3)nc(C3CCC3)n12. The average Bonchev–Trinajstić information content (AvgIpc) is 3.38. The van der Waals surface area contributed by atoms with Crippen LogP contribution in [0, 0.1) is 6.92 Å². The number of nitrogens with zero attached hydrogens (tertiary/aromatic N) is 4. The first-order chi connectivity index (χ1) is 13.5. The van der Waals surface area contributed by atoms with E-state index < -0.39 is 0 Å². The van der Waals surface area contributed by atoms with Crippen LogP contribution in [0.25, 0.3) is 4.83 Å². The summed E-state index contributed by atoms with van der Waals surface area (Å²) in [6.45, 7) is 7.70. The van der Waals surface area contributed by atoms with Gasteiger partial charge >= 0.3 is 0 Å². The van der Waals surface area contributed by atoms with Crippen LogP contribution in [-0.4, -0.2) is 38.4 Å². The Labute approximate surface area is 168 Å². The summed E-state index contributed by atoms with van der Waals surface area (Å²) in [6.07, 6.45) is 4.74. The standard InChI is InChI=1S/C21H26N4O2S/c1-12(2)16-9-17(27-23-16)20(26)24-8-7-15(10-24)18-21-25(13(3)11-28-21)19(22-18)14-5-4-6-14/h9,11-12,14-15H,4-8,10H2,1-3H3/t15-/m1/s1. The Hall–Kier alpha value is -2.15. The minimum Gasteiger partial charge on any atom is -0.351 e. The fraction of sp³-hybridized carbons (Fsp3) is 0.571. The number of aromatic nitrogens is 3. The zero-order valence-electron chi connectivity index (χ0n) is 16.6. The number of rotatable bonds is 4. The first kappa shape index (κ1) is 17.9. The number of carbonyl (C=O) groups is 1. The third kappa shape index (κ3) is 2.79. The number of carbonyl (C=O) groups excluding carboxylic acids is 1. The molecule has 3 aromatic heterocycles. The average molecular weight is 399 g/mol. The minimum atomic E-state index is -0.0565. The molecule has 1 aliphatic carbocycles. The number of hydrogen-bond acceptors (Lipinski definition) is 5. The number of fused-ring (bicyclic) bond motifs is 1. The van der Waals surface area contributed by atoms with Crippen LogP contribution in [-0.2, 0) is 0 Å². The zero-order valence-corrected chi connectivity index (χ0v) is 17.5. The van der Waals surface area contributed by atoms with E-state index in [1.165, 1.54) is 41.3 Å². The molecule has 28 heavy (non-hydrogen) atoms. The molecular formula is C21H26N4O2S. The summed E-state index contributed by atoms with van der Waals surface area (Å²) in [5.74, 6) is 2.66. The van der Waals surface area contributed by atoms with Gasteiger partial charge in [-0.2, -0.15) is 0 Å². The van der Waals surface area contributed by atoms with Gasteiger partial charge in [-0.15, -0.1) is 11.3 Å². The number of imidazole rings is 1. The summed E-state index contributed by atoms with van der Waals surface area (Å²) in [4.78, 5) is 21.1. The molecule has 2 aliphatic rings. The van der Waals surface area contributed by atoms with Crippen molar-refractivity contribution in [2.75, 3.05) is 13.1 Å². The second-order valence-corrected chi connectivity index (χ2v) is 9.37. The molecule has 6 nitrogen and oxygen atoms in total. The molecule has 1 saturated heterocycles. The normalized spacial score (nSPS) is 20.4. The van der Waals surface area contributed by atoms with E-state index in [1.54, 1.807) is 17.4 Å². The van der Waals surface area contributed by atoms with E-state index in [1.807, 2.05) is 18.7 Å². The van der Waals surface area contributed by atoms with Crippen LogP contribution in [0.5, 0.6) is 0 Å². The highest BCUT2D eigenvalue weighted by molar-refractivity contribution is 7.15. The highest BCUT2D eigenvalue weighted by Crippen LogP contribution is 2.41. The molecule has 0 radical (unpaired) electrons. The van der Waals surface area contributed by atoms with Crippen molar-refractivity contribution in [1.29, 1.82) is 0 Å². The molecule has 7 heteroatoms. The molecule has 4 heterocycles. The number of likely N-dealkylation sites (tertiary alicyclic amines) is 1. The lowest BCUT2D eigenvalue weighted by molar-refractivity contribution is 0.0749. The van der Waals surface area contributed by atoms with E-state index in [9.17, 15) is 4.79 Å². The van der Waals surface area contributed by atoms with Crippen LogP contribution in [0.2, 0.25) is 0 Å². The summed E-state index contributed by atoms with van der Waals surface area (Å²) < 4.78 is 7.67. The Bertz CT molecular complexity index is 1030. The van der Waals surface area contributed by atoms with Gasteiger partial charge in [-0.3, -0.25) is 9.20 Å². The highest BCUT2D eigenvalue weighted by Gasteiger charge is 2.35. The van der Waals surface area contributed by atoms with Gasteiger partial charge in [-0.05, 0) is 32.1 Å². The van der Waals surface area contributed by atoms with Crippen molar-refractivity contribution in [3.05, 3.63) is 40.1 Å². The van der Waals surface area contributed by atoms with Gasteiger partial charge < -0.3 is 9.42 Å². The van der Waals surface area contributed by atoms with Gasteiger partial charge in [-0.25, -0.2) is 4.98 Å². The summed E-state index contributed by atoms with van der Waals surface area (Å²) in [7, 11) is 0. The van der Waals surface area contributed by atoms with Crippen molar-refractivity contribution >= 4 is 22.1 Å². The van der Waals surface area contributed by atoms with Crippen LogP contribution in [0.4, 0.5) is 0 Å². The topological polar surface area (TPSA) is 63.6 Å². The van der Waals surface area contributed by atoms with E-state index in [0.29, 0.717) is 24.1 Å². The van der Waals surface area contributed by atoms with Crippen LogP contribution in [0.1, 0.15) is 90.7 Å². The summed E-state index contributed by atoms with van der Waals surface area (Å²) >= 11 is 1.78. The molecule has 0 unspecified atom stereocenters. The number of amides is 1. The third-order valence-electron chi connectivity index (χ3n) is 6.24. The van der Waals surface area contributed by atoms with Crippen LogP contribution in [0.15, 0.2) is 16.0 Å². The van der Waals surface area contributed by atoms with Crippen molar-refractivity contribution in [3.8, 4) is 0 Å². The van der Waals surface area contributed by atoms with Crippen molar-refractivity contribution < 1.29 is 9.32 Å². The fourth-order valence-electron chi connectivity index (χ4n) is 4.28. The molecule has 1 atom stereocenters. The predicted octanol–water partition coefficient (Wildman–Crippen LogP) is 4.71. The van der Waals surface area contributed by atoms with E-state index in [2.05, 4.69) is 21.9 Å². The molecule has 1 saturated carbocycles. The van der Waals surface area contributed by atoms with Crippen LogP contribution in [0.3, 0.4) is 0 Å². The first-order valence-electron chi connectivity index (χ1n) is 10.2. The van der Waals surface area contributed by atoms with Gasteiger partial charge in [0.25, 0.3) is 5.91 Å². The Morgan fingerprint density at radius 3 is 2.79 bits per heavy atom. The molecular weight excluding hydrogens is 372 g/mol. The number of thiazole rings is 1. The van der Waals surface area contributed by atoms with E-state index in [4.69, 9.17) is 9.51 Å². The minimum absolute atomic E-state index is 0.0565. The van der Waals surface area contributed by atoms with Crippen LogP contribution >= 0.6 is 11.3 Å². The van der Waals surface area contributed by atoms with Gasteiger partial charge in [0, 0.05) is 42.1 Å². The summed E-state index contributed by atoms with van der Waals surface area (Å²) in [5.41, 5.74) is 3.28. The lowest BCUT2D eigenvalue weighted by Gasteiger charge is -2.24. The van der Waals surface area contributed by atoms with Crippen molar-refractivity contribution in [1.82, 2.24) is 19.4 Å². The number of hydrogen-bond donors (Lipinski definition) is 0. The molecule has 0 bridgehead atoms. The Morgan fingerprint density at radius 1 is 1.29 bits per heavy atom. The Kier molecular flexibility index (Phi) is 4.30. The van der Waals surface area contributed by atoms with Crippen molar-refractivity contribution in [2.45, 2.75) is 64.2 Å². The predicted molar refractivity (Wildman–Crippen MR) is 108 cm³/mol. The van der Waals surface area contributed by atoms with Gasteiger partial charge in [0.2, 0.25) is 5.76 Å². The summed E-state index contributed by atoms with van der Waals surface area (Å²) in [6, 6.07) is 1.78. The van der Waals surface area contributed by atoms with Gasteiger partial charge in [0.15, 0.2) is 0 Å². The molecule has 0 aromatic carbocycles. The highest BCUT2D eigenvalue weighted by atomic mass is 32.1. The molecule has 0 N–H and O–H groups in total. The van der Waals surface area contributed by atoms with Gasteiger partial charge in [-0.1, -0.05) is 25.4 Å². The van der Waals surface area contributed by atoms with Crippen LogP contribution < -0.4 is 0 Å². The van der Waals surface area contributed by atoms with E-state index >= 15 is 0 Å². The first-order valence-corrected chi connectivity index (χ1v) is 11.1. The van der Waals surface area contributed by atoms with Gasteiger partial charge in [0.05, 0.1) is 11.4 Å². The second kappa shape index (κ2) is 6.72. The molecule has 1 aliphatic heterocycles. The lowest BCUT2D eigenvalue weighted by atomic mass is 9.85. The van der Waals surface area contributed by atoms with Crippen molar-refractivity contribution in [2.24, 2.45) is 0 Å². The monoisotopic (exact) mass is 398 g/mol. The smallest absolute Gasteiger partial charge is 0.292 e. The molecule has 5 rings (SSSR count). The lowest BCUT2D eigenvalue weighted by Crippen LogP contribution is -2.28. The maximum absolute atomic E-state index is 12.9.